The Kier molecular flexibility index (Phi) is 2.70. The van der Waals surface area contributed by atoms with Crippen LogP contribution in [0.5, 0.6) is 5.75 Å². The van der Waals surface area contributed by atoms with Gasteiger partial charge in [0.25, 0.3) is 0 Å². The van der Waals surface area contributed by atoms with E-state index in [9.17, 15) is 5.11 Å². The van der Waals surface area contributed by atoms with Crippen LogP contribution in [0.2, 0.25) is 0 Å². The zero-order valence-electron chi connectivity index (χ0n) is 10.4. The van der Waals surface area contributed by atoms with Crippen molar-refractivity contribution in [2.45, 2.75) is 51.5 Å². The molecule has 1 aliphatic rings. The van der Waals surface area contributed by atoms with Crippen molar-refractivity contribution in [3.05, 3.63) is 28.8 Å². The normalized spacial score (nSPS) is 19.5. The first-order valence-corrected chi connectivity index (χ1v) is 6.10. The second-order valence-electron chi connectivity index (χ2n) is 5.09. The number of benzene rings is 1. The minimum Gasteiger partial charge on any atom is -0.508 e. The molecule has 2 rings (SSSR count). The molecule has 1 aromatic carbocycles. The van der Waals surface area contributed by atoms with E-state index in [1.165, 1.54) is 24.0 Å². The summed E-state index contributed by atoms with van der Waals surface area (Å²) in [5.41, 5.74) is 9.83. The number of aryl methyl sites for hydroxylation is 2. The Labute approximate surface area is 97.5 Å². The third-order valence-electron chi connectivity index (χ3n) is 4.00. The maximum Gasteiger partial charge on any atom is 0.119 e. The number of hydrogen-bond donors (Lipinski definition) is 2. The Morgan fingerprint density at radius 3 is 2.50 bits per heavy atom. The van der Waals surface area contributed by atoms with E-state index < -0.39 is 0 Å². The summed E-state index contributed by atoms with van der Waals surface area (Å²) in [6, 6.07) is 4.23. The van der Waals surface area contributed by atoms with Crippen LogP contribution < -0.4 is 5.73 Å². The standard InChI is InChI=1S/C14H21NO/c1-4-11-8-12(9(2)7-13(11)16)14(5-6-14)10(3)15/h7-8,10,16H,4-6,15H2,1-3H3. The summed E-state index contributed by atoms with van der Waals surface area (Å²) in [6.07, 6.45) is 3.23. The van der Waals surface area contributed by atoms with E-state index in [-0.39, 0.29) is 11.5 Å². The van der Waals surface area contributed by atoms with Crippen molar-refractivity contribution in [3.8, 4) is 5.75 Å². The van der Waals surface area contributed by atoms with Gasteiger partial charge in [-0.3, -0.25) is 0 Å². The number of aromatic hydroxyl groups is 1. The zero-order chi connectivity index (χ0) is 11.9. The van der Waals surface area contributed by atoms with E-state index in [0.717, 1.165) is 12.0 Å². The van der Waals surface area contributed by atoms with Crippen molar-refractivity contribution >= 4 is 0 Å². The fraction of sp³-hybridized carbons (Fsp3) is 0.571. The van der Waals surface area contributed by atoms with Gasteiger partial charge in [0, 0.05) is 11.5 Å². The zero-order valence-corrected chi connectivity index (χ0v) is 10.4. The first kappa shape index (κ1) is 11.5. The highest BCUT2D eigenvalue weighted by atomic mass is 16.3. The first-order chi connectivity index (χ1) is 7.51. The van der Waals surface area contributed by atoms with E-state index in [4.69, 9.17) is 5.73 Å². The van der Waals surface area contributed by atoms with Crippen LogP contribution in [0, 0.1) is 6.92 Å². The topological polar surface area (TPSA) is 46.2 Å². The van der Waals surface area contributed by atoms with E-state index >= 15 is 0 Å². The minimum absolute atomic E-state index is 0.182. The average Bonchev–Trinajstić information content (AvgIpc) is 2.99. The van der Waals surface area contributed by atoms with Gasteiger partial charge in [-0.05, 0) is 55.9 Å². The van der Waals surface area contributed by atoms with Crippen molar-refractivity contribution in [2.24, 2.45) is 5.73 Å². The van der Waals surface area contributed by atoms with Gasteiger partial charge >= 0.3 is 0 Å². The molecular formula is C14H21NO. The predicted octanol–water partition coefficient (Wildman–Crippen LogP) is 2.64. The van der Waals surface area contributed by atoms with Crippen molar-refractivity contribution < 1.29 is 5.11 Å². The fourth-order valence-electron chi connectivity index (χ4n) is 2.66. The molecule has 0 aromatic heterocycles. The first-order valence-electron chi connectivity index (χ1n) is 6.10. The summed E-state index contributed by atoms with van der Waals surface area (Å²) in [6.45, 7) is 6.22. The van der Waals surface area contributed by atoms with E-state index in [1.54, 1.807) is 0 Å². The lowest BCUT2D eigenvalue weighted by atomic mass is 9.85. The highest BCUT2D eigenvalue weighted by Gasteiger charge is 2.48. The molecule has 0 bridgehead atoms. The molecule has 88 valence electrons. The molecule has 1 atom stereocenters. The van der Waals surface area contributed by atoms with Gasteiger partial charge in [-0.1, -0.05) is 13.0 Å². The van der Waals surface area contributed by atoms with Crippen molar-refractivity contribution in [1.29, 1.82) is 0 Å². The van der Waals surface area contributed by atoms with Crippen LogP contribution in [0.1, 0.15) is 43.4 Å². The Morgan fingerprint density at radius 1 is 1.44 bits per heavy atom. The smallest absolute Gasteiger partial charge is 0.119 e. The molecular weight excluding hydrogens is 198 g/mol. The molecule has 2 nitrogen and oxygen atoms in total. The second kappa shape index (κ2) is 3.77. The second-order valence-corrected chi connectivity index (χ2v) is 5.09. The molecule has 0 radical (unpaired) electrons. The van der Waals surface area contributed by atoms with Crippen molar-refractivity contribution in [2.75, 3.05) is 0 Å². The van der Waals surface area contributed by atoms with Gasteiger partial charge in [0.1, 0.15) is 5.75 Å². The molecule has 2 heteroatoms. The molecule has 1 aromatic rings. The number of nitrogens with two attached hydrogens (primary N) is 1. The molecule has 0 saturated heterocycles. The highest BCUT2D eigenvalue weighted by Crippen LogP contribution is 2.52. The number of rotatable bonds is 3. The summed E-state index contributed by atoms with van der Waals surface area (Å²) in [4.78, 5) is 0. The molecule has 1 aliphatic carbocycles. The van der Waals surface area contributed by atoms with Crippen LogP contribution in [-0.4, -0.2) is 11.1 Å². The lowest BCUT2D eigenvalue weighted by Crippen LogP contribution is -2.32. The molecule has 1 saturated carbocycles. The van der Waals surface area contributed by atoms with Gasteiger partial charge in [-0.25, -0.2) is 0 Å². The third kappa shape index (κ3) is 1.61. The predicted molar refractivity (Wildman–Crippen MR) is 66.8 cm³/mol. The lowest BCUT2D eigenvalue weighted by Gasteiger charge is -2.23. The van der Waals surface area contributed by atoms with Gasteiger partial charge < -0.3 is 10.8 Å². The van der Waals surface area contributed by atoms with Crippen LogP contribution in [0.4, 0.5) is 0 Å². The van der Waals surface area contributed by atoms with Gasteiger partial charge in [0.15, 0.2) is 0 Å². The summed E-state index contributed by atoms with van der Waals surface area (Å²) < 4.78 is 0. The molecule has 0 heterocycles. The van der Waals surface area contributed by atoms with E-state index in [2.05, 4.69) is 26.8 Å². The Bertz CT molecular complexity index is 405. The molecule has 0 amide bonds. The largest absolute Gasteiger partial charge is 0.508 e. The van der Waals surface area contributed by atoms with Crippen LogP contribution in [0.25, 0.3) is 0 Å². The van der Waals surface area contributed by atoms with E-state index in [1.807, 2.05) is 6.07 Å². The summed E-state index contributed by atoms with van der Waals surface area (Å²) in [7, 11) is 0. The fourth-order valence-corrected chi connectivity index (χ4v) is 2.66. The monoisotopic (exact) mass is 219 g/mol. The van der Waals surface area contributed by atoms with Crippen LogP contribution >= 0.6 is 0 Å². The lowest BCUT2D eigenvalue weighted by molar-refractivity contribution is 0.466. The molecule has 1 unspecified atom stereocenters. The summed E-state index contributed by atoms with van der Waals surface area (Å²) >= 11 is 0. The van der Waals surface area contributed by atoms with Gasteiger partial charge in [0.2, 0.25) is 0 Å². The Balaban J connectivity index is 2.49. The van der Waals surface area contributed by atoms with Crippen LogP contribution in [0.3, 0.4) is 0 Å². The molecule has 1 fully saturated rings. The van der Waals surface area contributed by atoms with Gasteiger partial charge in [0.05, 0.1) is 0 Å². The quantitative estimate of drug-likeness (QED) is 0.821. The molecule has 16 heavy (non-hydrogen) atoms. The Morgan fingerprint density at radius 2 is 2.06 bits per heavy atom. The maximum atomic E-state index is 9.81. The van der Waals surface area contributed by atoms with Crippen LogP contribution in [0.15, 0.2) is 12.1 Å². The van der Waals surface area contributed by atoms with Crippen molar-refractivity contribution in [3.63, 3.8) is 0 Å². The van der Waals surface area contributed by atoms with Crippen LogP contribution in [-0.2, 0) is 11.8 Å². The number of phenolic OH excluding ortho intramolecular Hbond substituents is 1. The Hall–Kier alpha value is -1.02. The van der Waals surface area contributed by atoms with Gasteiger partial charge in [-0.2, -0.15) is 0 Å². The molecule has 3 N–H and O–H groups in total. The molecule has 0 aliphatic heterocycles. The maximum absolute atomic E-state index is 9.81. The SMILES string of the molecule is CCc1cc(C2(C(C)N)CC2)c(C)cc1O. The highest BCUT2D eigenvalue weighted by molar-refractivity contribution is 5.47. The summed E-state index contributed by atoms with van der Waals surface area (Å²) in [5, 5.41) is 9.81. The van der Waals surface area contributed by atoms with E-state index in [0.29, 0.717) is 5.75 Å². The minimum atomic E-state index is 0.182. The summed E-state index contributed by atoms with van der Waals surface area (Å²) in [5.74, 6) is 0.421. The van der Waals surface area contributed by atoms with Gasteiger partial charge in [-0.15, -0.1) is 0 Å². The average molecular weight is 219 g/mol. The molecule has 0 spiro atoms. The van der Waals surface area contributed by atoms with Crippen molar-refractivity contribution in [1.82, 2.24) is 0 Å². The number of phenols is 1. The number of hydrogen-bond acceptors (Lipinski definition) is 2. The third-order valence-corrected chi connectivity index (χ3v) is 4.00.